The van der Waals surface area contributed by atoms with Crippen LogP contribution in [0, 0.1) is 11.8 Å². The first kappa shape index (κ1) is 14.6. The Morgan fingerprint density at radius 2 is 2.30 bits per heavy atom. The van der Waals surface area contributed by atoms with Crippen LogP contribution in [0.2, 0.25) is 0 Å². The number of hydrogen-bond donors (Lipinski definition) is 1. The molecule has 2 rings (SSSR count). The highest BCUT2D eigenvalue weighted by molar-refractivity contribution is 5.94. The van der Waals surface area contributed by atoms with Gasteiger partial charge in [0.25, 0.3) is 5.91 Å². The molecule has 4 heteroatoms. The summed E-state index contributed by atoms with van der Waals surface area (Å²) in [6, 6.07) is 7.71. The number of likely N-dealkylation sites (N-methyl/N-ethyl adjacent to an activating group) is 1. The van der Waals surface area contributed by atoms with Crippen LogP contribution in [0.1, 0.15) is 22.3 Å². The first-order valence-corrected chi connectivity index (χ1v) is 6.77. The molecule has 0 spiro atoms. The van der Waals surface area contributed by atoms with Crippen molar-refractivity contribution in [2.75, 3.05) is 33.8 Å². The number of rotatable bonds is 2. The zero-order valence-electron chi connectivity index (χ0n) is 12.0. The van der Waals surface area contributed by atoms with Crippen molar-refractivity contribution in [2.24, 2.45) is 0 Å². The summed E-state index contributed by atoms with van der Waals surface area (Å²) in [4.78, 5) is 16.5. The lowest BCUT2D eigenvalue weighted by molar-refractivity contribution is 0.0783. The number of aliphatic hydroxyl groups excluding tert-OH is 1. The minimum Gasteiger partial charge on any atom is -0.384 e. The van der Waals surface area contributed by atoms with Crippen molar-refractivity contribution in [3.63, 3.8) is 0 Å². The number of nitrogens with zero attached hydrogens (tertiary/aromatic N) is 2. The molecule has 1 atom stereocenters. The van der Waals surface area contributed by atoms with E-state index in [4.69, 9.17) is 5.11 Å². The smallest absolute Gasteiger partial charge is 0.253 e. The Labute approximate surface area is 120 Å². The average Bonchev–Trinajstić information content (AvgIpc) is 2.94. The fourth-order valence-corrected chi connectivity index (χ4v) is 2.40. The molecule has 4 nitrogen and oxygen atoms in total. The molecular formula is C16H20N2O2. The summed E-state index contributed by atoms with van der Waals surface area (Å²) in [5, 5.41) is 8.71. The summed E-state index contributed by atoms with van der Waals surface area (Å²) in [5.41, 5.74) is 1.42. The lowest BCUT2D eigenvalue weighted by Crippen LogP contribution is -2.34. The third-order valence-corrected chi connectivity index (χ3v) is 3.60. The molecule has 1 fully saturated rings. The predicted octanol–water partition coefficient (Wildman–Crippen LogP) is 0.806. The lowest BCUT2D eigenvalue weighted by Gasteiger charge is -2.20. The van der Waals surface area contributed by atoms with Crippen molar-refractivity contribution >= 4 is 5.91 Å². The van der Waals surface area contributed by atoms with E-state index >= 15 is 0 Å². The van der Waals surface area contributed by atoms with E-state index in [1.807, 2.05) is 37.2 Å². The van der Waals surface area contributed by atoms with Crippen LogP contribution in [0.5, 0.6) is 0 Å². The highest BCUT2D eigenvalue weighted by Gasteiger charge is 2.27. The van der Waals surface area contributed by atoms with E-state index in [9.17, 15) is 4.79 Å². The van der Waals surface area contributed by atoms with Gasteiger partial charge < -0.3 is 14.9 Å². The number of likely N-dealkylation sites (tertiary alicyclic amines) is 1. The van der Waals surface area contributed by atoms with Gasteiger partial charge in [-0.2, -0.15) is 0 Å². The van der Waals surface area contributed by atoms with Crippen LogP contribution in [-0.4, -0.2) is 60.6 Å². The van der Waals surface area contributed by atoms with E-state index in [2.05, 4.69) is 16.7 Å². The van der Waals surface area contributed by atoms with Gasteiger partial charge in [-0.25, -0.2) is 0 Å². The van der Waals surface area contributed by atoms with Crippen LogP contribution in [0.4, 0.5) is 0 Å². The van der Waals surface area contributed by atoms with E-state index < -0.39 is 0 Å². The molecule has 1 amide bonds. The molecule has 1 heterocycles. The van der Waals surface area contributed by atoms with Gasteiger partial charge in [-0.3, -0.25) is 4.79 Å². The van der Waals surface area contributed by atoms with Gasteiger partial charge in [-0.15, -0.1) is 0 Å². The van der Waals surface area contributed by atoms with E-state index in [-0.39, 0.29) is 12.5 Å². The van der Waals surface area contributed by atoms with Crippen molar-refractivity contribution in [1.82, 2.24) is 9.80 Å². The molecule has 1 aromatic carbocycles. The summed E-state index contributed by atoms with van der Waals surface area (Å²) in [6.45, 7) is 1.40. The van der Waals surface area contributed by atoms with Crippen LogP contribution in [0.25, 0.3) is 0 Å². The Balaban J connectivity index is 2.10. The first-order valence-electron chi connectivity index (χ1n) is 6.77. The molecule has 1 unspecified atom stereocenters. The standard InChI is InChI=1S/C16H20N2O2/c1-17(2)15-8-9-18(12-15)16(20)14-7-3-5-13(11-14)6-4-10-19/h3,5,7,11,15,19H,8-10,12H2,1-2H3. The zero-order valence-corrected chi connectivity index (χ0v) is 12.0. The predicted molar refractivity (Wildman–Crippen MR) is 78.4 cm³/mol. The van der Waals surface area contributed by atoms with Gasteiger partial charge in [-0.05, 0) is 38.7 Å². The topological polar surface area (TPSA) is 43.8 Å². The van der Waals surface area contributed by atoms with E-state index in [0.717, 1.165) is 25.1 Å². The molecule has 0 aromatic heterocycles. The second-order valence-corrected chi connectivity index (χ2v) is 5.20. The number of hydrogen-bond acceptors (Lipinski definition) is 3. The van der Waals surface area contributed by atoms with Gasteiger partial charge in [0.2, 0.25) is 0 Å². The Kier molecular flexibility index (Phi) is 4.78. The van der Waals surface area contributed by atoms with E-state index in [1.54, 1.807) is 6.07 Å². The van der Waals surface area contributed by atoms with Crippen LogP contribution in [-0.2, 0) is 0 Å². The van der Waals surface area contributed by atoms with Gasteiger partial charge in [0.05, 0.1) is 0 Å². The maximum absolute atomic E-state index is 12.5. The molecule has 1 N–H and O–H groups in total. The SMILES string of the molecule is CN(C)C1CCN(C(=O)c2cccc(C#CCO)c2)C1. The Bertz CT molecular complexity index is 543. The molecular weight excluding hydrogens is 252 g/mol. The Hall–Kier alpha value is -1.83. The monoisotopic (exact) mass is 272 g/mol. The van der Waals surface area contributed by atoms with E-state index in [0.29, 0.717) is 11.6 Å². The minimum absolute atomic E-state index is 0.0574. The molecule has 1 saturated heterocycles. The highest BCUT2D eigenvalue weighted by Crippen LogP contribution is 2.17. The number of aliphatic hydroxyl groups is 1. The highest BCUT2D eigenvalue weighted by atomic mass is 16.2. The van der Waals surface area contributed by atoms with Gasteiger partial charge >= 0.3 is 0 Å². The first-order chi connectivity index (χ1) is 9.61. The molecule has 0 bridgehead atoms. The molecule has 1 aliphatic rings. The Morgan fingerprint density at radius 1 is 1.50 bits per heavy atom. The molecule has 1 aromatic rings. The summed E-state index contributed by atoms with van der Waals surface area (Å²) >= 11 is 0. The number of benzene rings is 1. The van der Waals surface area contributed by atoms with Gasteiger partial charge in [0.15, 0.2) is 0 Å². The molecule has 1 aliphatic heterocycles. The van der Waals surface area contributed by atoms with Gasteiger partial charge in [0, 0.05) is 30.3 Å². The number of carbonyl (C=O) groups is 1. The largest absolute Gasteiger partial charge is 0.384 e. The van der Waals surface area contributed by atoms with Crippen LogP contribution in [0.3, 0.4) is 0 Å². The molecule has 0 aliphatic carbocycles. The summed E-state index contributed by atoms with van der Waals surface area (Å²) in [6.07, 6.45) is 1.02. The van der Waals surface area contributed by atoms with Gasteiger partial charge in [0.1, 0.15) is 6.61 Å². The minimum atomic E-state index is -0.172. The van der Waals surface area contributed by atoms with Crippen molar-refractivity contribution in [3.8, 4) is 11.8 Å². The number of carbonyl (C=O) groups excluding carboxylic acids is 1. The van der Waals surface area contributed by atoms with E-state index in [1.165, 1.54) is 0 Å². The fraction of sp³-hybridized carbons (Fsp3) is 0.438. The van der Waals surface area contributed by atoms with Crippen molar-refractivity contribution in [3.05, 3.63) is 35.4 Å². The summed E-state index contributed by atoms with van der Waals surface area (Å²) < 4.78 is 0. The second kappa shape index (κ2) is 6.56. The third-order valence-electron chi connectivity index (χ3n) is 3.60. The summed E-state index contributed by atoms with van der Waals surface area (Å²) in [5.74, 6) is 5.48. The van der Waals surface area contributed by atoms with Gasteiger partial charge in [-0.1, -0.05) is 17.9 Å². The number of amides is 1. The maximum Gasteiger partial charge on any atom is 0.253 e. The van der Waals surface area contributed by atoms with Crippen molar-refractivity contribution < 1.29 is 9.90 Å². The molecule has 20 heavy (non-hydrogen) atoms. The normalized spacial score (nSPS) is 18.0. The Morgan fingerprint density at radius 3 is 2.95 bits per heavy atom. The zero-order chi connectivity index (χ0) is 14.5. The molecule has 106 valence electrons. The van der Waals surface area contributed by atoms with Crippen LogP contribution >= 0.6 is 0 Å². The second-order valence-electron chi connectivity index (χ2n) is 5.20. The van der Waals surface area contributed by atoms with Crippen molar-refractivity contribution in [1.29, 1.82) is 0 Å². The average molecular weight is 272 g/mol. The van der Waals surface area contributed by atoms with Crippen LogP contribution < -0.4 is 0 Å². The van der Waals surface area contributed by atoms with Crippen LogP contribution in [0.15, 0.2) is 24.3 Å². The maximum atomic E-state index is 12.5. The third kappa shape index (κ3) is 3.38. The fourth-order valence-electron chi connectivity index (χ4n) is 2.40. The summed E-state index contributed by atoms with van der Waals surface area (Å²) in [7, 11) is 4.09. The quantitative estimate of drug-likeness (QED) is 0.810. The lowest BCUT2D eigenvalue weighted by atomic mass is 10.1. The molecule has 0 radical (unpaired) electrons. The molecule has 0 saturated carbocycles. The van der Waals surface area contributed by atoms with Crippen molar-refractivity contribution in [2.45, 2.75) is 12.5 Å².